The van der Waals surface area contributed by atoms with E-state index in [1.807, 2.05) is 13.8 Å². The molecule has 1 heterocycles. The molecule has 3 rings (SSSR count). The summed E-state index contributed by atoms with van der Waals surface area (Å²) in [5.74, 6) is -0.924. The molecule has 4 nitrogen and oxygen atoms in total. The molecule has 1 unspecified atom stereocenters. The number of benzene rings is 2. The molecular formula is C25H31FN2O2. The maximum absolute atomic E-state index is 14.0. The fraction of sp³-hybridized carbons (Fsp3) is 0.320. The predicted octanol–water partition coefficient (Wildman–Crippen LogP) is 6.32. The summed E-state index contributed by atoms with van der Waals surface area (Å²) in [5.41, 5.74) is 7.62. The van der Waals surface area contributed by atoms with Gasteiger partial charge in [0.2, 0.25) is 5.43 Å². The van der Waals surface area contributed by atoms with Crippen LogP contribution in [0.15, 0.2) is 54.0 Å². The van der Waals surface area contributed by atoms with E-state index in [9.17, 15) is 14.3 Å². The summed E-state index contributed by atoms with van der Waals surface area (Å²) < 4.78 is 14.0. The van der Waals surface area contributed by atoms with Gasteiger partial charge in [0.15, 0.2) is 0 Å². The highest BCUT2D eigenvalue weighted by Crippen LogP contribution is 2.30. The highest BCUT2D eigenvalue weighted by atomic mass is 19.1. The second kappa shape index (κ2) is 10.6. The van der Waals surface area contributed by atoms with E-state index in [1.165, 1.54) is 37.1 Å². The van der Waals surface area contributed by atoms with E-state index in [0.29, 0.717) is 11.1 Å². The molecule has 4 N–H and O–H groups in total. The van der Waals surface area contributed by atoms with Crippen LogP contribution in [0.3, 0.4) is 0 Å². The van der Waals surface area contributed by atoms with Crippen molar-refractivity contribution in [3.63, 3.8) is 0 Å². The second-order valence-corrected chi connectivity index (χ2v) is 7.49. The van der Waals surface area contributed by atoms with Crippen LogP contribution >= 0.6 is 0 Å². The Bertz CT molecular complexity index is 1060. The van der Waals surface area contributed by atoms with Gasteiger partial charge in [-0.1, -0.05) is 64.1 Å². The Morgan fingerprint density at radius 3 is 2.50 bits per heavy atom. The zero-order chi connectivity index (χ0) is 22.3. The number of halogens is 1. The smallest absolute Gasteiger partial charge is 0.202 e. The number of nitrogens with one attached hydrogen (secondary N) is 1. The molecule has 0 radical (unpaired) electrons. The molecule has 0 aliphatic rings. The summed E-state index contributed by atoms with van der Waals surface area (Å²) in [4.78, 5) is 15.2. The number of aliphatic hydroxyl groups excluding tert-OH is 1. The van der Waals surface area contributed by atoms with Gasteiger partial charge in [-0.25, -0.2) is 4.39 Å². The molecule has 0 aliphatic carbocycles. The van der Waals surface area contributed by atoms with E-state index in [4.69, 9.17) is 5.73 Å². The minimum absolute atomic E-state index is 0.00935. The summed E-state index contributed by atoms with van der Waals surface area (Å²) in [6.07, 6.45) is 6.00. The summed E-state index contributed by atoms with van der Waals surface area (Å²) >= 11 is 0. The van der Waals surface area contributed by atoms with Crippen molar-refractivity contribution in [3.8, 4) is 0 Å². The van der Waals surface area contributed by atoms with Gasteiger partial charge in [-0.15, -0.1) is 0 Å². The maximum atomic E-state index is 14.0. The molecule has 2 aromatic carbocycles. The Balaban J connectivity index is 0.000000269. The zero-order valence-corrected chi connectivity index (χ0v) is 18.0. The molecular weight excluding hydrogens is 379 g/mol. The molecule has 0 bridgehead atoms. The first-order chi connectivity index (χ1) is 14.3. The summed E-state index contributed by atoms with van der Waals surface area (Å²) in [6.45, 7) is 9.47. The molecule has 1 atom stereocenters. The summed E-state index contributed by atoms with van der Waals surface area (Å²) in [6, 6.07) is 12.0. The number of nitrogens with two attached hydrogens (primary N) is 1. The first-order valence-corrected chi connectivity index (χ1v) is 10.4. The molecule has 3 aromatic rings. The highest BCUT2D eigenvalue weighted by Gasteiger charge is 2.18. The molecule has 0 saturated heterocycles. The molecule has 0 spiro atoms. The monoisotopic (exact) mass is 410 g/mol. The second-order valence-electron chi connectivity index (χ2n) is 7.49. The van der Waals surface area contributed by atoms with Crippen molar-refractivity contribution in [2.45, 2.75) is 52.4 Å². The number of nitrogen functional groups attached to an aromatic ring is 1. The Kier molecular flexibility index (Phi) is 8.22. The minimum Gasteiger partial charge on any atom is -0.508 e. The van der Waals surface area contributed by atoms with Gasteiger partial charge in [-0.05, 0) is 42.4 Å². The van der Waals surface area contributed by atoms with Gasteiger partial charge in [0.05, 0.1) is 22.2 Å². The molecule has 0 amide bonds. The fourth-order valence-corrected chi connectivity index (χ4v) is 3.27. The first-order valence-electron chi connectivity index (χ1n) is 10.4. The van der Waals surface area contributed by atoms with Crippen LogP contribution in [0.25, 0.3) is 16.7 Å². The number of hydrogen-bond donors (Lipinski definition) is 3. The highest BCUT2D eigenvalue weighted by molar-refractivity contribution is 5.94. The van der Waals surface area contributed by atoms with Gasteiger partial charge in [0, 0.05) is 6.20 Å². The van der Waals surface area contributed by atoms with E-state index >= 15 is 0 Å². The van der Waals surface area contributed by atoms with E-state index in [1.54, 1.807) is 0 Å². The Labute approximate surface area is 177 Å². The molecule has 0 saturated carbocycles. The number of aryl methyl sites for hydroxylation is 1. The third-order valence-electron chi connectivity index (χ3n) is 5.30. The van der Waals surface area contributed by atoms with Crippen molar-refractivity contribution < 1.29 is 9.50 Å². The van der Waals surface area contributed by atoms with Crippen LogP contribution in [0, 0.1) is 5.82 Å². The average Bonchev–Trinajstić information content (AvgIpc) is 2.75. The van der Waals surface area contributed by atoms with E-state index in [-0.39, 0.29) is 28.3 Å². The number of unbranched alkanes of at least 4 members (excludes halogenated alkanes) is 1. The molecule has 30 heavy (non-hydrogen) atoms. The normalized spacial score (nSPS) is 11.6. The molecule has 160 valence electrons. The van der Waals surface area contributed by atoms with Gasteiger partial charge in [-0.2, -0.15) is 0 Å². The van der Waals surface area contributed by atoms with Crippen LogP contribution in [-0.2, 0) is 6.42 Å². The standard InChI is InChI=1S/C15H17FN2O2.C10H14/c1-4-7(2)9-5-11(16)13(17)12-14(9)18-6-10(8(3)19)15(12)20;1-2-3-7-10-8-5-4-6-9-10/h5-7,19H,3-4,17H2,1-2H3,(H,18,20);4-6,8-9H,2-3,7H2,1H3. The third kappa shape index (κ3) is 5.29. The molecule has 0 fully saturated rings. The van der Waals surface area contributed by atoms with Crippen LogP contribution in [0.4, 0.5) is 10.1 Å². The summed E-state index contributed by atoms with van der Waals surface area (Å²) in [5, 5.41) is 9.46. The van der Waals surface area contributed by atoms with Gasteiger partial charge in [0.1, 0.15) is 11.6 Å². The number of anilines is 1. The number of pyridine rings is 1. The van der Waals surface area contributed by atoms with Crippen LogP contribution in [-0.4, -0.2) is 10.1 Å². The van der Waals surface area contributed by atoms with Crippen molar-refractivity contribution in [3.05, 3.63) is 81.9 Å². The lowest BCUT2D eigenvalue weighted by atomic mass is 9.94. The van der Waals surface area contributed by atoms with Gasteiger partial charge >= 0.3 is 0 Å². The fourth-order valence-electron chi connectivity index (χ4n) is 3.27. The zero-order valence-electron chi connectivity index (χ0n) is 18.0. The van der Waals surface area contributed by atoms with Crippen molar-refractivity contribution >= 4 is 22.3 Å². The van der Waals surface area contributed by atoms with Crippen molar-refractivity contribution in [2.75, 3.05) is 5.73 Å². The minimum atomic E-state index is -0.626. The number of aromatic amines is 1. The number of aromatic nitrogens is 1. The molecule has 1 aromatic heterocycles. The van der Waals surface area contributed by atoms with Crippen LogP contribution in [0.5, 0.6) is 0 Å². The van der Waals surface area contributed by atoms with E-state index in [2.05, 4.69) is 48.8 Å². The maximum Gasteiger partial charge on any atom is 0.202 e. The SMILES string of the molecule is C=C(O)c1c[nH]c2c(C(C)CC)cc(F)c(N)c2c1=O.CCCCc1ccccc1. The predicted molar refractivity (Wildman–Crippen MR) is 124 cm³/mol. The lowest BCUT2D eigenvalue weighted by molar-refractivity contribution is 0.513. The van der Waals surface area contributed by atoms with Crippen molar-refractivity contribution in [1.82, 2.24) is 4.98 Å². The Morgan fingerprint density at radius 1 is 1.27 bits per heavy atom. The number of rotatable bonds is 6. The quantitative estimate of drug-likeness (QED) is 0.328. The summed E-state index contributed by atoms with van der Waals surface area (Å²) in [7, 11) is 0. The van der Waals surface area contributed by atoms with Crippen molar-refractivity contribution in [2.24, 2.45) is 0 Å². The number of fused-ring (bicyclic) bond motifs is 1. The first kappa shape index (κ1) is 23.2. The van der Waals surface area contributed by atoms with Gasteiger partial charge in [0.25, 0.3) is 0 Å². The average molecular weight is 411 g/mol. The van der Waals surface area contributed by atoms with Crippen molar-refractivity contribution in [1.29, 1.82) is 0 Å². The third-order valence-corrected chi connectivity index (χ3v) is 5.30. The lowest BCUT2D eigenvalue weighted by Gasteiger charge is -2.15. The lowest BCUT2D eigenvalue weighted by Crippen LogP contribution is -2.14. The molecule has 5 heteroatoms. The number of aliphatic hydroxyl groups is 1. The van der Waals surface area contributed by atoms with Gasteiger partial charge in [-0.3, -0.25) is 4.79 Å². The Hall–Kier alpha value is -3.08. The van der Waals surface area contributed by atoms with Gasteiger partial charge < -0.3 is 15.8 Å². The number of hydrogen-bond acceptors (Lipinski definition) is 3. The van der Waals surface area contributed by atoms with Crippen LogP contribution in [0.1, 0.15) is 62.6 Å². The van der Waals surface area contributed by atoms with Crippen LogP contribution < -0.4 is 11.2 Å². The largest absolute Gasteiger partial charge is 0.508 e. The topological polar surface area (TPSA) is 79.1 Å². The van der Waals surface area contributed by atoms with Crippen LogP contribution in [0.2, 0.25) is 0 Å². The molecule has 0 aliphatic heterocycles. The Morgan fingerprint density at radius 2 is 1.93 bits per heavy atom. The van der Waals surface area contributed by atoms with E-state index in [0.717, 1.165) is 6.42 Å². The van der Waals surface area contributed by atoms with E-state index < -0.39 is 11.2 Å². The number of H-pyrrole nitrogens is 1.